The fourth-order valence-electron chi connectivity index (χ4n) is 5.88. The van der Waals surface area contributed by atoms with E-state index in [9.17, 15) is 18.4 Å². The van der Waals surface area contributed by atoms with Crippen molar-refractivity contribution in [3.63, 3.8) is 0 Å². The highest BCUT2D eigenvalue weighted by molar-refractivity contribution is 5.90. The number of halogens is 2. The van der Waals surface area contributed by atoms with Crippen LogP contribution < -0.4 is 20.3 Å². The summed E-state index contributed by atoms with van der Waals surface area (Å²) in [4.78, 5) is 39.5. The number of alkyl halides is 2. The van der Waals surface area contributed by atoms with Crippen molar-refractivity contribution in [1.29, 1.82) is 0 Å². The first kappa shape index (κ1) is 28.1. The van der Waals surface area contributed by atoms with Crippen LogP contribution in [0.1, 0.15) is 57.2 Å². The second kappa shape index (κ2) is 11.7. The zero-order chi connectivity index (χ0) is 29.3. The average Bonchev–Trinajstić information content (AvgIpc) is 3.36. The first-order chi connectivity index (χ1) is 20.3. The van der Waals surface area contributed by atoms with Gasteiger partial charge in [-0.2, -0.15) is 9.97 Å². The number of para-hydroxylation sites is 2. The summed E-state index contributed by atoms with van der Waals surface area (Å²) in [5.74, 6) is 0.181. The molecule has 0 bridgehead atoms. The van der Waals surface area contributed by atoms with Gasteiger partial charge in [0.2, 0.25) is 17.7 Å². The van der Waals surface area contributed by atoms with Crippen LogP contribution in [0.3, 0.4) is 0 Å². The molecule has 2 aromatic heterocycles. The Morgan fingerprint density at radius 3 is 2.48 bits per heavy atom. The van der Waals surface area contributed by atoms with E-state index in [1.165, 1.54) is 4.57 Å². The highest BCUT2D eigenvalue weighted by Crippen LogP contribution is 2.34. The van der Waals surface area contributed by atoms with Crippen molar-refractivity contribution in [2.24, 2.45) is 0 Å². The largest absolute Gasteiger partial charge is 0.474 e. The lowest BCUT2D eigenvalue weighted by molar-refractivity contribution is -0.131. The average molecular weight is 586 g/mol. The van der Waals surface area contributed by atoms with E-state index >= 15 is 0 Å². The highest BCUT2D eigenvalue weighted by atomic mass is 19.3. The van der Waals surface area contributed by atoms with E-state index in [-0.39, 0.29) is 29.8 Å². The maximum absolute atomic E-state index is 14.1. The quantitative estimate of drug-likeness (QED) is 0.361. The number of benzene rings is 1. The number of carboxylic acid groups (broad SMARTS) is 1. The van der Waals surface area contributed by atoms with Crippen LogP contribution in [-0.4, -0.2) is 80.6 Å². The molecule has 42 heavy (non-hydrogen) atoms. The number of hydrogen-bond acceptors (Lipinski definition) is 8. The van der Waals surface area contributed by atoms with Gasteiger partial charge in [-0.1, -0.05) is 12.1 Å². The fraction of sp³-hybridized carbons (Fsp3) is 0.536. The highest BCUT2D eigenvalue weighted by Gasteiger charge is 2.46. The van der Waals surface area contributed by atoms with Gasteiger partial charge in [-0.15, -0.1) is 0 Å². The van der Waals surface area contributed by atoms with Gasteiger partial charge in [0, 0.05) is 25.2 Å². The van der Waals surface area contributed by atoms with Crippen LogP contribution in [0.4, 0.5) is 19.5 Å². The van der Waals surface area contributed by atoms with Gasteiger partial charge in [0.1, 0.15) is 17.5 Å². The summed E-state index contributed by atoms with van der Waals surface area (Å²) in [7, 11) is 0. The number of carbonyl (C=O) groups is 2. The number of imidazole rings is 1. The zero-order valence-electron chi connectivity index (χ0n) is 23.0. The Kier molecular flexibility index (Phi) is 7.80. The van der Waals surface area contributed by atoms with Gasteiger partial charge in [0.15, 0.2) is 5.82 Å². The molecule has 3 aliphatic rings. The van der Waals surface area contributed by atoms with Crippen LogP contribution in [0.15, 0.2) is 30.3 Å². The number of nitrogens with one attached hydrogen (secondary N) is 2. The molecule has 1 aliphatic heterocycles. The summed E-state index contributed by atoms with van der Waals surface area (Å²) < 4.78 is 41.4. The number of fused-ring (bicyclic) bond motifs is 1. The monoisotopic (exact) mass is 585 g/mol. The first-order valence-electron chi connectivity index (χ1n) is 14.3. The predicted molar refractivity (Wildman–Crippen MR) is 147 cm³/mol. The number of nitrogens with zero attached hydrogens (tertiary/aromatic N) is 5. The third-order valence-corrected chi connectivity index (χ3v) is 8.27. The molecule has 3 aromatic rings. The number of anilines is 1. The minimum Gasteiger partial charge on any atom is -0.474 e. The molecule has 224 valence electrons. The van der Waals surface area contributed by atoms with Gasteiger partial charge >= 0.3 is 6.09 Å². The Balaban J connectivity index is 1.21. The van der Waals surface area contributed by atoms with Crippen molar-refractivity contribution in [1.82, 2.24) is 30.2 Å². The summed E-state index contributed by atoms with van der Waals surface area (Å²) in [5.41, 5.74) is -0.103. The van der Waals surface area contributed by atoms with E-state index in [1.54, 1.807) is 30.3 Å². The lowest BCUT2D eigenvalue weighted by atomic mass is 9.75. The maximum Gasteiger partial charge on any atom is 0.405 e. The molecule has 1 aromatic carbocycles. The van der Waals surface area contributed by atoms with Crippen molar-refractivity contribution < 1.29 is 33.0 Å². The van der Waals surface area contributed by atoms with E-state index in [1.807, 2.05) is 4.90 Å². The number of aromatic nitrogens is 4. The number of ether oxygens (including phenoxy) is 2. The normalized spacial score (nSPS) is 22.0. The fourth-order valence-corrected chi connectivity index (χ4v) is 5.88. The summed E-state index contributed by atoms with van der Waals surface area (Å²) in [5, 5.41) is 14.6. The Labute approximate surface area is 240 Å². The van der Waals surface area contributed by atoms with E-state index in [0.717, 1.165) is 6.42 Å². The third-order valence-electron chi connectivity index (χ3n) is 8.27. The molecular formula is C28H33F2N7O5. The molecule has 0 atom stereocenters. The first-order valence-corrected chi connectivity index (χ1v) is 14.3. The number of morpholine rings is 1. The van der Waals surface area contributed by atoms with E-state index in [2.05, 4.69) is 25.6 Å². The molecule has 3 N–H and O–H groups in total. The molecule has 1 saturated heterocycles. The second-order valence-electron chi connectivity index (χ2n) is 11.0. The molecule has 2 amide bonds. The maximum atomic E-state index is 14.1. The Hall–Kier alpha value is -4.07. The number of amides is 2. The van der Waals surface area contributed by atoms with Gasteiger partial charge in [-0.3, -0.25) is 9.36 Å². The molecule has 12 nitrogen and oxygen atoms in total. The van der Waals surface area contributed by atoms with Crippen molar-refractivity contribution in [2.45, 2.75) is 69.1 Å². The SMILES string of the molecule is O=C(O)NC1(C(=O)NC2CCC(Oc3cc(-n4c(C(F)F)nc5ccccc54)nc(N4CCOCC4)n3)CC2)CCC1. The minimum atomic E-state index is -2.82. The molecule has 2 aliphatic carbocycles. The van der Waals surface area contributed by atoms with Gasteiger partial charge in [0.05, 0.1) is 24.2 Å². The molecule has 14 heteroatoms. The molecule has 3 heterocycles. The number of rotatable bonds is 8. The Bertz CT molecular complexity index is 1450. The van der Waals surface area contributed by atoms with Crippen LogP contribution in [0.25, 0.3) is 16.9 Å². The zero-order valence-corrected chi connectivity index (χ0v) is 23.0. The third kappa shape index (κ3) is 5.67. The summed E-state index contributed by atoms with van der Waals surface area (Å²) in [6.45, 7) is 2.11. The summed E-state index contributed by atoms with van der Waals surface area (Å²) in [6, 6.07) is 8.38. The van der Waals surface area contributed by atoms with Crippen LogP contribution in [-0.2, 0) is 9.53 Å². The minimum absolute atomic E-state index is 0.0961. The van der Waals surface area contributed by atoms with Crippen LogP contribution in [0.2, 0.25) is 0 Å². The van der Waals surface area contributed by atoms with Crippen LogP contribution >= 0.6 is 0 Å². The smallest absolute Gasteiger partial charge is 0.405 e. The van der Waals surface area contributed by atoms with Crippen molar-refractivity contribution in [3.05, 3.63) is 36.2 Å². The van der Waals surface area contributed by atoms with Gasteiger partial charge in [-0.25, -0.2) is 18.6 Å². The lowest BCUT2D eigenvalue weighted by Gasteiger charge is -2.41. The number of carbonyl (C=O) groups excluding carboxylic acids is 1. The molecule has 0 unspecified atom stereocenters. The molecular weight excluding hydrogens is 552 g/mol. The van der Waals surface area contributed by atoms with E-state index in [0.29, 0.717) is 81.8 Å². The van der Waals surface area contributed by atoms with E-state index in [4.69, 9.17) is 14.6 Å². The number of hydrogen-bond donors (Lipinski definition) is 3. The Morgan fingerprint density at radius 1 is 1.07 bits per heavy atom. The van der Waals surface area contributed by atoms with Crippen LogP contribution in [0, 0.1) is 0 Å². The van der Waals surface area contributed by atoms with Crippen LogP contribution in [0.5, 0.6) is 5.88 Å². The predicted octanol–water partition coefficient (Wildman–Crippen LogP) is 3.59. The van der Waals surface area contributed by atoms with Crippen molar-refractivity contribution >= 4 is 29.0 Å². The summed E-state index contributed by atoms with van der Waals surface area (Å²) in [6.07, 6.45) is 0.114. The molecule has 6 rings (SSSR count). The molecule has 0 radical (unpaired) electrons. The van der Waals surface area contributed by atoms with Crippen molar-refractivity contribution in [3.8, 4) is 11.7 Å². The molecule has 0 spiro atoms. The molecule has 2 saturated carbocycles. The second-order valence-corrected chi connectivity index (χ2v) is 11.0. The van der Waals surface area contributed by atoms with Gasteiger partial charge < -0.3 is 30.1 Å². The molecule has 3 fully saturated rings. The van der Waals surface area contributed by atoms with Crippen molar-refractivity contribution in [2.75, 3.05) is 31.2 Å². The topological polar surface area (TPSA) is 144 Å². The van der Waals surface area contributed by atoms with Gasteiger partial charge in [-0.05, 0) is 57.1 Å². The van der Waals surface area contributed by atoms with E-state index < -0.39 is 23.9 Å². The summed E-state index contributed by atoms with van der Waals surface area (Å²) >= 11 is 0. The standard InChI is InChI=1S/C28H33F2N7O5/c29-23(30)24-32-19-4-1-2-5-20(19)37(24)21-16-22(34-26(33-21)36-12-14-41-15-13-36)42-18-8-6-17(7-9-18)31-25(38)28(10-3-11-28)35-27(39)40/h1-2,4-5,16-18,23,35H,3,6-15H2,(H,31,38)(H,39,40). The lowest BCUT2D eigenvalue weighted by Crippen LogP contribution is -2.64. The van der Waals surface area contributed by atoms with Gasteiger partial charge in [0.25, 0.3) is 6.43 Å². The Morgan fingerprint density at radius 2 is 1.81 bits per heavy atom.